The first-order valence-corrected chi connectivity index (χ1v) is 29.2. The number of nitrogens with zero attached hydrogens (tertiary/aromatic N) is 2. The Labute approximate surface area is 383 Å². The molecule has 60 heavy (non-hydrogen) atoms. The van der Waals surface area contributed by atoms with Gasteiger partial charge in [-0.3, -0.25) is 14.5 Å². The van der Waals surface area contributed by atoms with Crippen molar-refractivity contribution >= 4 is 67.7 Å². The molecule has 2 rings (SSSR count). The Morgan fingerprint density at radius 1 is 0.583 bits per heavy atom. The minimum Gasteiger partial charge on any atom is -0.465 e. The predicted molar refractivity (Wildman–Crippen MR) is 265 cm³/mol. The number of esters is 2. The van der Waals surface area contributed by atoms with E-state index in [-0.39, 0.29) is 24.8 Å². The van der Waals surface area contributed by atoms with Crippen LogP contribution < -0.4 is 5.46 Å². The molecule has 0 aliphatic carbocycles. The van der Waals surface area contributed by atoms with E-state index in [1.54, 1.807) is 33.7 Å². The van der Waals surface area contributed by atoms with E-state index in [0.29, 0.717) is 42.8 Å². The summed E-state index contributed by atoms with van der Waals surface area (Å²) in [5.74, 6) is 3.48. The third-order valence-electron chi connectivity index (χ3n) is 11.7. The average molecular weight is 914 g/mol. The molecule has 0 bridgehead atoms. The molecular weight excluding hydrogens is 828 g/mol. The van der Waals surface area contributed by atoms with E-state index in [0.717, 1.165) is 54.8 Å². The van der Waals surface area contributed by atoms with Gasteiger partial charge in [0.1, 0.15) is 19.8 Å². The maximum atomic E-state index is 13.2. The molecule has 0 saturated carbocycles. The number of likely N-dealkylation sites (tertiary alicyclic amines) is 1. The highest BCUT2D eigenvalue weighted by Crippen LogP contribution is 2.25. The van der Waals surface area contributed by atoms with Crippen LogP contribution in [0.2, 0.25) is 0 Å². The van der Waals surface area contributed by atoms with Crippen LogP contribution in [0, 0.1) is 0 Å². The van der Waals surface area contributed by atoms with Crippen LogP contribution in [0.25, 0.3) is 0 Å². The van der Waals surface area contributed by atoms with Crippen LogP contribution in [0.4, 0.5) is 0 Å². The van der Waals surface area contributed by atoms with Gasteiger partial charge in [0.05, 0.1) is 32.5 Å². The van der Waals surface area contributed by atoms with Crippen molar-refractivity contribution in [1.29, 1.82) is 0 Å². The molecule has 1 aliphatic heterocycles. The number of carbonyl (C=O) groups is 2. The van der Waals surface area contributed by atoms with Crippen molar-refractivity contribution < 1.29 is 33.6 Å². The largest absolute Gasteiger partial charge is 0.488 e. The summed E-state index contributed by atoms with van der Waals surface area (Å²) in [4.78, 5) is 28.8. The predicted octanol–water partition coefficient (Wildman–Crippen LogP) is 11.3. The maximum absolute atomic E-state index is 13.2. The second-order valence-corrected chi connectivity index (χ2v) is 22.3. The Balaban J connectivity index is 1.78. The van der Waals surface area contributed by atoms with Gasteiger partial charge >= 0.3 is 19.1 Å². The lowest BCUT2D eigenvalue weighted by Crippen LogP contribution is -2.53. The van der Waals surface area contributed by atoms with Crippen molar-refractivity contribution in [3.8, 4) is 0 Å². The summed E-state index contributed by atoms with van der Waals surface area (Å²) < 4.78 is 12.0. The number of unbranched alkanes of at least 4 members (excludes halogenated alkanes) is 18. The van der Waals surface area contributed by atoms with Crippen LogP contribution in [0.3, 0.4) is 0 Å². The lowest BCUT2D eigenvalue weighted by atomic mass is 9.80. The van der Waals surface area contributed by atoms with Crippen molar-refractivity contribution in [3.63, 3.8) is 0 Å². The van der Waals surface area contributed by atoms with Gasteiger partial charge in [-0.1, -0.05) is 197 Å². The minimum atomic E-state index is -1.52. The Hall–Kier alpha value is -0.535. The molecule has 1 fully saturated rings. The van der Waals surface area contributed by atoms with Gasteiger partial charge < -0.3 is 24.0 Å². The van der Waals surface area contributed by atoms with Gasteiger partial charge in [0.2, 0.25) is 0 Å². The topological polar surface area (TPSA) is 96.3 Å². The van der Waals surface area contributed by atoms with Gasteiger partial charge in [-0.15, -0.1) is 0 Å². The highest BCUT2D eigenvalue weighted by molar-refractivity contribution is 8.77. The van der Waals surface area contributed by atoms with E-state index in [1.165, 1.54) is 141 Å². The number of hydrogen-bond acceptors (Lipinski definition) is 11. The third-order valence-corrected chi connectivity index (χ3v) is 16.6. The fourth-order valence-corrected chi connectivity index (χ4v) is 11.8. The van der Waals surface area contributed by atoms with Crippen LogP contribution in [0.15, 0.2) is 24.3 Å². The smallest absolute Gasteiger partial charge is 0.465 e. The summed E-state index contributed by atoms with van der Waals surface area (Å²) in [6, 6.07) is 7.36. The summed E-state index contributed by atoms with van der Waals surface area (Å²) >= 11 is 0. The highest BCUT2D eigenvalue weighted by Gasteiger charge is 2.31. The second kappa shape index (κ2) is 38.9. The summed E-state index contributed by atoms with van der Waals surface area (Å²) in [5.41, 5.74) is 1.48. The summed E-state index contributed by atoms with van der Waals surface area (Å²) in [5, 5.41) is 19.4. The van der Waals surface area contributed by atoms with E-state index >= 15 is 0 Å². The Morgan fingerprint density at radius 3 is 1.40 bits per heavy atom. The first-order chi connectivity index (χ1) is 29.4. The number of rotatable bonds is 42. The SMILES string of the molecule is CCCCCCCCCCCCSSCCOC(=O)CC[N+](CCC(=O)OCCSSCCCCCCCCCCCC)(CCN1CCCC1)Cc1ccc(B(O)O)cc1. The number of benzene rings is 1. The van der Waals surface area contributed by atoms with Crippen LogP contribution in [0.5, 0.6) is 0 Å². The third kappa shape index (κ3) is 30.5. The Kier molecular flexibility index (Phi) is 36.0. The first kappa shape index (κ1) is 55.6. The molecule has 0 aromatic heterocycles. The monoisotopic (exact) mass is 914 g/mol. The van der Waals surface area contributed by atoms with Gasteiger partial charge in [0.15, 0.2) is 0 Å². The van der Waals surface area contributed by atoms with Crippen molar-refractivity contribution in [1.82, 2.24) is 4.90 Å². The molecule has 346 valence electrons. The van der Waals surface area contributed by atoms with E-state index in [9.17, 15) is 19.6 Å². The van der Waals surface area contributed by atoms with E-state index in [1.807, 2.05) is 33.7 Å². The van der Waals surface area contributed by atoms with E-state index < -0.39 is 7.12 Å². The molecule has 0 atom stereocenters. The Morgan fingerprint density at radius 2 is 0.983 bits per heavy atom. The lowest BCUT2D eigenvalue weighted by Gasteiger charge is -2.40. The quantitative estimate of drug-likeness (QED) is 0.0216. The Bertz CT molecular complexity index is 1120. The summed E-state index contributed by atoms with van der Waals surface area (Å²) in [6.07, 6.45) is 30.0. The number of ether oxygens (including phenoxy) is 2. The summed E-state index contributed by atoms with van der Waals surface area (Å²) in [7, 11) is 5.84. The van der Waals surface area contributed by atoms with Crippen LogP contribution in [0.1, 0.15) is 174 Å². The second-order valence-electron chi connectivity index (χ2n) is 16.9. The molecular formula is C47H86BN2O6S4+. The molecule has 1 aliphatic rings. The van der Waals surface area contributed by atoms with Gasteiger partial charge in [-0.25, -0.2) is 0 Å². The van der Waals surface area contributed by atoms with Crippen LogP contribution >= 0.6 is 43.2 Å². The maximum Gasteiger partial charge on any atom is 0.488 e. The van der Waals surface area contributed by atoms with E-state index in [2.05, 4.69) is 18.7 Å². The standard InChI is InChI=1S/C47H86BN2O6S4/c1-3-5-7-9-11-13-15-17-19-23-39-57-59-41-37-55-46(51)29-34-50(36-33-49-31-21-22-32-49,43-44-25-27-45(28-26-44)48(53)54)35-30-47(52)56-38-42-60-58-40-24-20-18-16-14-12-10-8-6-4-2/h25-28,53-54H,3-24,29-43H2,1-2H3/q+1. The van der Waals surface area contributed by atoms with Gasteiger partial charge in [0.25, 0.3) is 0 Å². The minimum absolute atomic E-state index is 0.187. The fraction of sp³-hybridized carbons (Fsp3) is 0.830. The van der Waals surface area contributed by atoms with Gasteiger partial charge in [-0.2, -0.15) is 0 Å². The molecule has 0 spiro atoms. The zero-order valence-electron chi connectivity index (χ0n) is 38.1. The zero-order valence-corrected chi connectivity index (χ0v) is 41.4. The lowest BCUT2D eigenvalue weighted by molar-refractivity contribution is -0.939. The summed E-state index contributed by atoms with van der Waals surface area (Å²) in [6.45, 7) is 11.0. The number of hydrogen-bond donors (Lipinski definition) is 2. The van der Waals surface area contributed by atoms with Crippen molar-refractivity contribution in [2.45, 2.75) is 174 Å². The molecule has 0 unspecified atom stereocenters. The molecule has 1 saturated heterocycles. The van der Waals surface area contributed by atoms with E-state index in [4.69, 9.17) is 9.47 Å². The molecule has 0 amide bonds. The fourth-order valence-electron chi connectivity index (χ4n) is 7.83. The van der Waals surface area contributed by atoms with Gasteiger partial charge in [-0.05, 0) is 44.2 Å². The van der Waals surface area contributed by atoms with Crippen LogP contribution in [-0.2, 0) is 25.6 Å². The molecule has 8 nitrogen and oxygen atoms in total. The van der Waals surface area contributed by atoms with Gasteiger partial charge in [0, 0.05) is 35.1 Å². The molecule has 2 N–H and O–H groups in total. The van der Waals surface area contributed by atoms with Crippen molar-refractivity contribution in [3.05, 3.63) is 29.8 Å². The van der Waals surface area contributed by atoms with Crippen molar-refractivity contribution in [2.75, 3.05) is 75.5 Å². The molecule has 1 aromatic carbocycles. The molecule has 0 radical (unpaired) electrons. The zero-order chi connectivity index (χ0) is 43.2. The first-order valence-electron chi connectivity index (χ1n) is 24.2. The normalized spacial score (nSPS) is 13.3. The molecule has 1 aromatic rings. The molecule has 1 heterocycles. The molecule has 13 heteroatoms. The average Bonchev–Trinajstić information content (AvgIpc) is 3.78. The highest BCUT2D eigenvalue weighted by atomic mass is 33.1. The van der Waals surface area contributed by atoms with Crippen molar-refractivity contribution in [2.24, 2.45) is 0 Å². The number of carbonyl (C=O) groups excluding carboxylic acids is 2. The van der Waals surface area contributed by atoms with Crippen LogP contribution in [-0.4, -0.2) is 114 Å². The number of quaternary nitrogens is 1.